The zero-order valence-electron chi connectivity index (χ0n) is 46.2. The third-order valence-corrected chi connectivity index (χ3v) is 18.0. The zero-order valence-corrected chi connectivity index (χ0v) is 47.0. The molecule has 0 aliphatic heterocycles. The third-order valence-electron chi connectivity index (χ3n) is 16.7. The van der Waals surface area contributed by atoms with E-state index in [2.05, 4.69) is 249 Å². The molecular formula is C81H51N3S. The summed E-state index contributed by atoms with van der Waals surface area (Å²) in [6.07, 6.45) is 0. The van der Waals surface area contributed by atoms with Crippen molar-refractivity contribution in [1.29, 1.82) is 0 Å². The van der Waals surface area contributed by atoms with Crippen molar-refractivity contribution in [2.45, 2.75) is 0 Å². The summed E-state index contributed by atoms with van der Waals surface area (Å²) in [6.45, 7) is 0. The quantitative estimate of drug-likeness (QED) is 0.149. The lowest BCUT2D eigenvalue weighted by molar-refractivity contribution is 1.07. The third kappa shape index (κ3) is 9.04. The predicted octanol–water partition coefficient (Wildman–Crippen LogP) is 22.5. The van der Waals surface area contributed by atoms with Gasteiger partial charge in [-0.15, -0.1) is 11.3 Å². The minimum atomic E-state index is 0.648. The van der Waals surface area contributed by atoms with E-state index in [-0.39, 0.29) is 0 Å². The molecule has 0 atom stereocenters. The van der Waals surface area contributed by atoms with Crippen LogP contribution in [0.2, 0.25) is 0 Å². The minimum absolute atomic E-state index is 0.648. The highest BCUT2D eigenvalue weighted by Crippen LogP contribution is 2.43. The van der Waals surface area contributed by atoms with Gasteiger partial charge in [0, 0.05) is 36.9 Å². The molecule has 0 saturated heterocycles. The van der Waals surface area contributed by atoms with Crippen LogP contribution in [0.5, 0.6) is 0 Å². The molecule has 0 aliphatic carbocycles. The van der Waals surface area contributed by atoms with Gasteiger partial charge in [-0.05, 0) is 146 Å². The number of hydrogen-bond acceptors (Lipinski definition) is 4. The maximum Gasteiger partial charge on any atom is 0.164 e. The van der Waals surface area contributed by atoms with E-state index in [9.17, 15) is 0 Å². The zero-order chi connectivity index (χ0) is 56.2. The average Bonchev–Trinajstić information content (AvgIpc) is 2.28. The molecule has 0 saturated carbocycles. The molecule has 4 heteroatoms. The van der Waals surface area contributed by atoms with Crippen LogP contribution in [0.3, 0.4) is 0 Å². The van der Waals surface area contributed by atoms with Crippen LogP contribution in [0.25, 0.3) is 163 Å². The molecule has 0 spiro atoms. The van der Waals surface area contributed by atoms with Gasteiger partial charge in [0.15, 0.2) is 17.5 Å². The van der Waals surface area contributed by atoms with Crippen LogP contribution in [0, 0.1) is 0 Å². The molecule has 2 aromatic heterocycles. The number of aromatic nitrogens is 3. The van der Waals surface area contributed by atoms with Gasteiger partial charge in [0.05, 0.1) is 0 Å². The highest BCUT2D eigenvalue weighted by atomic mass is 32.1. The predicted molar refractivity (Wildman–Crippen MR) is 362 cm³/mol. The summed E-state index contributed by atoms with van der Waals surface area (Å²) in [5.74, 6) is 1.96. The van der Waals surface area contributed by atoms with Crippen LogP contribution >= 0.6 is 11.3 Å². The number of thiophene rings is 1. The Hall–Kier alpha value is -10.9. The van der Waals surface area contributed by atoms with Crippen molar-refractivity contribution in [3.8, 4) is 78.7 Å². The number of nitrogens with zero attached hydrogens (tertiary/aromatic N) is 3. The fourth-order valence-corrected chi connectivity index (χ4v) is 13.9. The molecular weight excluding hydrogens is 1050 g/mol. The Morgan fingerprint density at radius 1 is 0.176 bits per heavy atom. The summed E-state index contributed by atoms with van der Waals surface area (Å²) in [7, 11) is 0. The lowest BCUT2D eigenvalue weighted by atomic mass is 9.91. The van der Waals surface area contributed by atoms with Gasteiger partial charge < -0.3 is 0 Å². The summed E-state index contributed by atoms with van der Waals surface area (Å²) in [4.78, 5) is 14.8. The monoisotopic (exact) mass is 1100 g/mol. The van der Waals surface area contributed by atoms with Gasteiger partial charge in [-0.2, -0.15) is 0 Å². The van der Waals surface area contributed by atoms with Crippen molar-refractivity contribution in [3.05, 3.63) is 309 Å². The number of fused-ring (bicyclic) bond motifs is 15. The van der Waals surface area contributed by atoms with Crippen LogP contribution in [0.15, 0.2) is 309 Å². The molecule has 3 nitrogen and oxygen atoms in total. The fourth-order valence-electron chi connectivity index (χ4n) is 12.7. The summed E-state index contributed by atoms with van der Waals surface area (Å²) in [5, 5.41) is 18.2. The molecule has 396 valence electrons. The summed E-state index contributed by atoms with van der Waals surface area (Å²) >= 11 is 1.89. The van der Waals surface area contributed by atoms with E-state index in [1.807, 2.05) is 72.0 Å². The first kappa shape index (κ1) is 49.9. The van der Waals surface area contributed by atoms with Gasteiger partial charge in [0.2, 0.25) is 0 Å². The van der Waals surface area contributed by atoms with E-state index in [1.54, 1.807) is 0 Å². The second-order valence-corrected chi connectivity index (χ2v) is 22.8. The second-order valence-electron chi connectivity index (χ2n) is 21.8. The van der Waals surface area contributed by atoms with Crippen molar-refractivity contribution in [2.24, 2.45) is 0 Å². The van der Waals surface area contributed by atoms with Gasteiger partial charge in [-0.25, -0.2) is 15.0 Å². The highest BCUT2D eigenvalue weighted by Gasteiger charge is 2.17. The van der Waals surface area contributed by atoms with Crippen LogP contribution in [-0.4, -0.2) is 15.0 Å². The molecule has 0 bridgehead atoms. The van der Waals surface area contributed by atoms with Crippen LogP contribution in [0.1, 0.15) is 0 Å². The molecule has 0 radical (unpaired) electrons. The van der Waals surface area contributed by atoms with Crippen LogP contribution < -0.4 is 0 Å². The van der Waals surface area contributed by atoms with E-state index in [0.717, 1.165) is 27.8 Å². The maximum absolute atomic E-state index is 4.95. The molecule has 2 heterocycles. The SMILES string of the molecule is c1cc(-c2ccc3c4ccccc4c4ccccc4c3c2)cc(-c2cccc3c2sc2ccccc23)c1.c1ccc(-c2nc(-c3ccccc3)nc(-c3cccc(-c4cccc(-c5ccc6c7ccccc7c7ccccc7c6c5)c4)c3)n2)cc1. The van der Waals surface area contributed by atoms with E-state index in [0.29, 0.717) is 17.5 Å². The molecule has 0 N–H and O–H groups in total. The fraction of sp³-hybridized carbons (Fsp3) is 0. The lowest BCUT2D eigenvalue weighted by Gasteiger charge is -2.13. The van der Waals surface area contributed by atoms with Gasteiger partial charge in [-0.3, -0.25) is 0 Å². The Labute approximate surface area is 496 Å². The molecule has 0 unspecified atom stereocenters. The normalized spacial score (nSPS) is 11.5. The molecule has 15 aromatic carbocycles. The molecule has 17 rings (SSSR count). The molecule has 85 heavy (non-hydrogen) atoms. The van der Waals surface area contributed by atoms with Crippen LogP contribution in [-0.2, 0) is 0 Å². The summed E-state index contributed by atoms with van der Waals surface area (Å²) in [5.41, 5.74) is 12.5. The Morgan fingerprint density at radius 3 is 0.929 bits per heavy atom. The average molecular weight is 1100 g/mol. The Morgan fingerprint density at radius 2 is 0.471 bits per heavy atom. The maximum atomic E-state index is 4.95. The van der Waals surface area contributed by atoms with E-state index < -0.39 is 0 Å². The van der Waals surface area contributed by atoms with Gasteiger partial charge in [0.25, 0.3) is 0 Å². The minimum Gasteiger partial charge on any atom is -0.208 e. The second kappa shape index (κ2) is 21.1. The van der Waals surface area contributed by atoms with Crippen LogP contribution in [0.4, 0.5) is 0 Å². The first-order valence-electron chi connectivity index (χ1n) is 28.9. The largest absolute Gasteiger partial charge is 0.208 e. The van der Waals surface area contributed by atoms with Gasteiger partial charge in [0.1, 0.15) is 0 Å². The molecule has 0 aliphatic rings. The van der Waals surface area contributed by atoms with E-state index in [4.69, 9.17) is 15.0 Å². The lowest BCUT2D eigenvalue weighted by Crippen LogP contribution is -2.00. The Balaban J connectivity index is 0.000000143. The smallest absolute Gasteiger partial charge is 0.164 e. The first-order chi connectivity index (χ1) is 42.1. The van der Waals surface area contributed by atoms with Crippen molar-refractivity contribution >= 4 is 96.1 Å². The number of hydrogen-bond donors (Lipinski definition) is 0. The van der Waals surface area contributed by atoms with E-state index >= 15 is 0 Å². The van der Waals surface area contributed by atoms with Crippen molar-refractivity contribution < 1.29 is 0 Å². The highest BCUT2D eigenvalue weighted by molar-refractivity contribution is 7.26. The number of benzene rings is 15. The van der Waals surface area contributed by atoms with Crippen molar-refractivity contribution in [3.63, 3.8) is 0 Å². The summed E-state index contributed by atoms with van der Waals surface area (Å²) < 4.78 is 2.70. The Kier molecular flexibility index (Phi) is 12.4. The molecule has 0 fully saturated rings. The van der Waals surface area contributed by atoms with Crippen molar-refractivity contribution in [1.82, 2.24) is 15.0 Å². The first-order valence-corrected chi connectivity index (χ1v) is 29.7. The topological polar surface area (TPSA) is 38.7 Å². The van der Waals surface area contributed by atoms with E-state index in [1.165, 1.54) is 118 Å². The standard InChI is InChI=1S/C45H29N3.C36H22S/c1-3-13-30(14-4-1)43-46-44(31-15-5-2-6-16-31)48-45(47-43)36-20-12-19-34(28-36)32-17-11-18-33(27-32)35-25-26-41-39-23-8-7-21-37(39)38-22-9-10-24-40(38)42(41)29-35;1-2-13-29-27(11-1)28-12-3-4-14-30(28)34-22-24(19-20-31(29)34)23-9-7-10-25(21-23)26-16-8-17-33-32-15-5-6-18-35(32)37-36(26)33/h1-29H;1-22H. The van der Waals surface area contributed by atoms with Crippen molar-refractivity contribution in [2.75, 3.05) is 0 Å². The number of rotatable bonds is 7. The summed E-state index contributed by atoms with van der Waals surface area (Å²) in [6, 6.07) is 111. The van der Waals surface area contributed by atoms with Gasteiger partial charge in [-0.1, -0.05) is 273 Å². The Bertz CT molecular complexity index is 5310. The molecule has 0 amide bonds. The molecule has 17 aromatic rings. The van der Waals surface area contributed by atoms with Gasteiger partial charge >= 0.3 is 0 Å².